The zero-order valence-corrected chi connectivity index (χ0v) is 16.7. The highest BCUT2D eigenvalue weighted by atomic mass is 35.5. The lowest BCUT2D eigenvalue weighted by Crippen LogP contribution is -2.28. The van der Waals surface area contributed by atoms with Crippen LogP contribution in [-0.4, -0.2) is 14.3 Å². The SMILES string of the molecule is CC(NC(=O)c1cc(Cl)ccc1NS(=O)(=O)c1ccccc1)c1ccccc1. The molecule has 3 aromatic rings. The van der Waals surface area contributed by atoms with Crippen molar-refractivity contribution in [2.45, 2.75) is 17.9 Å². The predicted octanol–water partition coefficient (Wildman–Crippen LogP) is 4.63. The van der Waals surface area contributed by atoms with Crippen LogP contribution < -0.4 is 10.0 Å². The highest BCUT2D eigenvalue weighted by Gasteiger charge is 2.20. The Morgan fingerprint density at radius 3 is 2.18 bits per heavy atom. The van der Waals surface area contributed by atoms with Gasteiger partial charge in [-0.25, -0.2) is 8.42 Å². The third kappa shape index (κ3) is 4.71. The largest absolute Gasteiger partial charge is 0.345 e. The number of hydrogen-bond acceptors (Lipinski definition) is 3. The van der Waals surface area contributed by atoms with Gasteiger partial charge >= 0.3 is 0 Å². The van der Waals surface area contributed by atoms with Crippen LogP contribution in [0.5, 0.6) is 0 Å². The first-order valence-electron chi connectivity index (χ1n) is 8.60. The van der Waals surface area contributed by atoms with E-state index >= 15 is 0 Å². The van der Waals surface area contributed by atoms with E-state index in [0.717, 1.165) is 5.56 Å². The van der Waals surface area contributed by atoms with Gasteiger partial charge in [-0.05, 0) is 42.8 Å². The maximum absolute atomic E-state index is 12.8. The van der Waals surface area contributed by atoms with Crippen LogP contribution >= 0.6 is 11.6 Å². The average molecular weight is 415 g/mol. The number of carbonyl (C=O) groups excluding carboxylic acids is 1. The Kier molecular flexibility index (Phi) is 6.02. The van der Waals surface area contributed by atoms with Crippen molar-refractivity contribution in [1.29, 1.82) is 0 Å². The molecule has 1 atom stereocenters. The summed E-state index contributed by atoms with van der Waals surface area (Å²) in [6.07, 6.45) is 0. The monoisotopic (exact) mass is 414 g/mol. The second-order valence-corrected chi connectivity index (χ2v) is 8.33. The zero-order chi connectivity index (χ0) is 20.1. The van der Waals surface area contributed by atoms with Crippen LogP contribution in [0.25, 0.3) is 0 Å². The predicted molar refractivity (Wildman–Crippen MR) is 111 cm³/mol. The normalized spacial score (nSPS) is 12.2. The van der Waals surface area contributed by atoms with Crippen molar-refractivity contribution >= 4 is 33.2 Å². The van der Waals surface area contributed by atoms with Crippen LogP contribution in [0.3, 0.4) is 0 Å². The summed E-state index contributed by atoms with van der Waals surface area (Å²) in [6.45, 7) is 1.85. The van der Waals surface area contributed by atoms with Crippen molar-refractivity contribution in [3.63, 3.8) is 0 Å². The summed E-state index contributed by atoms with van der Waals surface area (Å²) in [7, 11) is -3.84. The first-order valence-corrected chi connectivity index (χ1v) is 10.5. The summed E-state index contributed by atoms with van der Waals surface area (Å²) in [6, 6.07) is 21.6. The van der Waals surface area contributed by atoms with E-state index in [-0.39, 0.29) is 22.2 Å². The van der Waals surface area contributed by atoms with Crippen molar-refractivity contribution < 1.29 is 13.2 Å². The van der Waals surface area contributed by atoms with E-state index in [4.69, 9.17) is 11.6 Å². The van der Waals surface area contributed by atoms with Crippen LogP contribution in [0.15, 0.2) is 83.8 Å². The molecule has 0 radical (unpaired) electrons. The number of anilines is 1. The molecule has 0 saturated carbocycles. The molecule has 5 nitrogen and oxygen atoms in total. The third-order valence-electron chi connectivity index (χ3n) is 4.17. The second-order valence-electron chi connectivity index (χ2n) is 6.21. The number of sulfonamides is 1. The number of benzene rings is 3. The first kappa shape index (κ1) is 19.9. The van der Waals surface area contributed by atoms with E-state index in [9.17, 15) is 13.2 Å². The number of nitrogens with one attached hydrogen (secondary N) is 2. The van der Waals surface area contributed by atoms with E-state index < -0.39 is 15.9 Å². The highest BCUT2D eigenvalue weighted by Crippen LogP contribution is 2.24. The Hall–Kier alpha value is -2.83. The molecule has 0 aromatic heterocycles. The number of halogens is 1. The van der Waals surface area contributed by atoms with Crippen molar-refractivity contribution in [3.8, 4) is 0 Å². The van der Waals surface area contributed by atoms with Crippen molar-refractivity contribution in [1.82, 2.24) is 5.32 Å². The fourth-order valence-electron chi connectivity index (χ4n) is 2.70. The van der Waals surface area contributed by atoms with Gasteiger partial charge in [-0.15, -0.1) is 0 Å². The van der Waals surface area contributed by atoms with Gasteiger partial charge in [0.05, 0.1) is 22.2 Å². The van der Waals surface area contributed by atoms with Crippen LogP contribution in [0, 0.1) is 0 Å². The van der Waals surface area contributed by atoms with E-state index in [1.165, 1.54) is 30.3 Å². The van der Waals surface area contributed by atoms with Gasteiger partial charge in [0, 0.05) is 5.02 Å². The van der Waals surface area contributed by atoms with E-state index in [1.54, 1.807) is 18.2 Å². The Balaban J connectivity index is 1.87. The van der Waals surface area contributed by atoms with E-state index in [2.05, 4.69) is 10.0 Å². The molecule has 0 heterocycles. The lowest BCUT2D eigenvalue weighted by Gasteiger charge is -2.17. The van der Waals surface area contributed by atoms with Gasteiger partial charge in [0.2, 0.25) is 0 Å². The lowest BCUT2D eigenvalue weighted by molar-refractivity contribution is 0.0941. The Labute approximate surface area is 169 Å². The lowest BCUT2D eigenvalue weighted by atomic mass is 10.1. The minimum Gasteiger partial charge on any atom is -0.345 e. The van der Waals surface area contributed by atoms with E-state index in [1.807, 2.05) is 37.3 Å². The van der Waals surface area contributed by atoms with Gasteiger partial charge in [0.1, 0.15) is 0 Å². The number of hydrogen-bond donors (Lipinski definition) is 2. The summed E-state index contributed by atoms with van der Waals surface area (Å²) in [5, 5.41) is 3.21. The van der Waals surface area contributed by atoms with Gasteiger partial charge in [-0.2, -0.15) is 0 Å². The standard InChI is InChI=1S/C21H19ClN2O3S/c1-15(16-8-4-2-5-9-16)23-21(25)19-14-17(22)12-13-20(19)24-28(26,27)18-10-6-3-7-11-18/h2-15,24H,1H3,(H,23,25). The summed E-state index contributed by atoms with van der Waals surface area (Å²) in [5.41, 5.74) is 1.24. The van der Waals surface area contributed by atoms with Crippen molar-refractivity contribution in [3.05, 3.63) is 95.0 Å². The van der Waals surface area contributed by atoms with Crippen molar-refractivity contribution in [2.24, 2.45) is 0 Å². The fraction of sp³-hybridized carbons (Fsp3) is 0.0952. The maximum atomic E-state index is 12.8. The molecule has 0 aliphatic carbocycles. The average Bonchev–Trinajstić information content (AvgIpc) is 2.70. The zero-order valence-electron chi connectivity index (χ0n) is 15.1. The van der Waals surface area contributed by atoms with Crippen LogP contribution in [0.4, 0.5) is 5.69 Å². The molecule has 0 fully saturated rings. The Morgan fingerprint density at radius 2 is 1.54 bits per heavy atom. The summed E-state index contributed by atoms with van der Waals surface area (Å²) >= 11 is 6.05. The first-order chi connectivity index (χ1) is 13.4. The smallest absolute Gasteiger partial charge is 0.261 e. The highest BCUT2D eigenvalue weighted by molar-refractivity contribution is 7.92. The molecule has 1 unspecified atom stereocenters. The number of rotatable bonds is 6. The molecule has 28 heavy (non-hydrogen) atoms. The van der Waals surface area contributed by atoms with Crippen molar-refractivity contribution in [2.75, 3.05) is 4.72 Å². The number of amides is 1. The molecule has 3 rings (SSSR count). The molecule has 1 amide bonds. The third-order valence-corrected chi connectivity index (χ3v) is 5.79. The van der Waals surface area contributed by atoms with Gasteiger partial charge in [-0.3, -0.25) is 9.52 Å². The molecular formula is C21H19ClN2O3S. The molecule has 2 N–H and O–H groups in total. The molecule has 0 aliphatic rings. The maximum Gasteiger partial charge on any atom is 0.261 e. The van der Waals surface area contributed by atoms with Crippen LogP contribution in [0.2, 0.25) is 5.02 Å². The van der Waals surface area contributed by atoms with Gasteiger partial charge in [-0.1, -0.05) is 60.1 Å². The Bertz CT molecular complexity index is 1070. The molecule has 7 heteroatoms. The van der Waals surface area contributed by atoms with E-state index in [0.29, 0.717) is 5.02 Å². The quantitative estimate of drug-likeness (QED) is 0.617. The van der Waals surface area contributed by atoms with Gasteiger partial charge < -0.3 is 5.32 Å². The summed E-state index contributed by atoms with van der Waals surface area (Å²) in [4.78, 5) is 12.9. The minimum atomic E-state index is -3.84. The molecule has 0 saturated heterocycles. The molecule has 3 aromatic carbocycles. The summed E-state index contributed by atoms with van der Waals surface area (Å²) < 4.78 is 27.7. The molecule has 0 bridgehead atoms. The Morgan fingerprint density at radius 1 is 0.929 bits per heavy atom. The van der Waals surface area contributed by atoms with Crippen LogP contribution in [-0.2, 0) is 10.0 Å². The molecule has 0 spiro atoms. The van der Waals surface area contributed by atoms with Gasteiger partial charge in [0.15, 0.2) is 0 Å². The summed E-state index contributed by atoms with van der Waals surface area (Å²) in [5.74, 6) is -0.426. The second kappa shape index (κ2) is 8.46. The topological polar surface area (TPSA) is 75.3 Å². The van der Waals surface area contributed by atoms with Crippen LogP contribution in [0.1, 0.15) is 28.9 Å². The van der Waals surface area contributed by atoms with Gasteiger partial charge in [0.25, 0.3) is 15.9 Å². The minimum absolute atomic E-state index is 0.106. The number of carbonyl (C=O) groups is 1. The molecule has 144 valence electrons. The molecular weight excluding hydrogens is 396 g/mol. The molecule has 0 aliphatic heterocycles. The fourth-order valence-corrected chi connectivity index (χ4v) is 3.97.